The van der Waals surface area contributed by atoms with Gasteiger partial charge in [-0.15, -0.1) is 0 Å². The van der Waals surface area contributed by atoms with Crippen LogP contribution in [0.2, 0.25) is 5.02 Å². The fraction of sp³-hybridized carbons (Fsp3) is 0.0833. The summed E-state index contributed by atoms with van der Waals surface area (Å²) >= 11 is 9.31. The molecule has 35 heavy (non-hydrogen) atoms. The first-order valence-corrected chi connectivity index (χ1v) is 11.3. The monoisotopic (exact) mass is 560 g/mol. The number of benzene rings is 3. The summed E-state index contributed by atoms with van der Waals surface area (Å²) in [6, 6.07) is 15.1. The zero-order valence-electron chi connectivity index (χ0n) is 18.3. The maximum absolute atomic E-state index is 12.9. The Hall–Kier alpha value is -3.76. The number of anilines is 2. The van der Waals surface area contributed by atoms with E-state index < -0.39 is 23.5 Å². The Morgan fingerprint density at radius 3 is 2.51 bits per heavy atom. The summed E-state index contributed by atoms with van der Waals surface area (Å²) in [5.41, 5.74) is 4.21. The molecule has 0 saturated heterocycles. The van der Waals surface area contributed by atoms with Crippen LogP contribution in [-0.2, 0) is 14.4 Å². The van der Waals surface area contributed by atoms with Crippen LogP contribution in [0.25, 0.3) is 0 Å². The first-order chi connectivity index (χ1) is 16.7. The fourth-order valence-corrected chi connectivity index (χ4v) is 3.29. The molecule has 0 aromatic heterocycles. The Bertz CT molecular complexity index is 1290. The number of rotatable bonds is 7. The van der Waals surface area contributed by atoms with E-state index in [1.807, 2.05) is 6.92 Å². The highest BCUT2D eigenvalue weighted by molar-refractivity contribution is 9.10. The Morgan fingerprint density at radius 2 is 1.77 bits per heavy atom. The number of nitrogens with zero attached hydrogens (tertiary/aromatic N) is 1. The average molecular weight is 562 g/mol. The highest BCUT2D eigenvalue weighted by Gasteiger charge is 2.13. The zero-order valence-corrected chi connectivity index (χ0v) is 20.6. The van der Waals surface area contributed by atoms with Crippen molar-refractivity contribution in [1.29, 1.82) is 0 Å². The van der Waals surface area contributed by atoms with Crippen molar-refractivity contribution in [3.8, 4) is 5.75 Å². The molecule has 0 bridgehead atoms. The van der Waals surface area contributed by atoms with Crippen LogP contribution >= 0.6 is 27.5 Å². The van der Waals surface area contributed by atoms with Crippen molar-refractivity contribution in [1.82, 2.24) is 5.43 Å². The minimum absolute atomic E-state index is 0.254. The standard InChI is InChI=1S/C24H19BrClFN4O4/c1-14-2-4-17(26)11-20(14)30-22(32)13-35-21-9-3-16(25)10-15(21)12-28-31-24(34)23(33)29-19-7-5-18(27)6-8-19/h2-12H,13H2,1H3,(H,29,33)(H,30,32)(H,31,34)/b28-12-. The SMILES string of the molecule is Cc1ccc(Cl)cc1NC(=O)COc1ccc(Br)cc1/C=N\NC(=O)C(=O)Nc1ccc(F)cc1. The number of carbonyl (C=O) groups is 3. The van der Waals surface area contributed by atoms with E-state index in [9.17, 15) is 18.8 Å². The number of amides is 3. The molecule has 0 unspecified atom stereocenters. The van der Waals surface area contributed by atoms with Gasteiger partial charge in [0.2, 0.25) is 0 Å². The lowest BCUT2D eigenvalue weighted by Crippen LogP contribution is -2.32. The molecule has 8 nitrogen and oxygen atoms in total. The molecule has 3 aromatic carbocycles. The molecule has 0 heterocycles. The zero-order chi connectivity index (χ0) is 25.4. The lowest BCUT2D eigenvalue weighted by Gasteiger charge is -2.11. The maximum atomic E-state index is 12.9. The summed E-state index contributed by atoms with van der Waals surface area (Å²) < 4.78 is 19.3. The van der Waals surface area contributed by atoms with Crippen molar-refractivity contribution >= 4 is 62.8 Å². The second-order valence-corrected chi connectivity index (χ2v) is 8.49. The Balaban J connectivity index is 1.58. The van der Waals surface area contributed by atoms with E-state index in [1.54, 1.807) is 36.4 Å². The van der Waals surface area contributed by atoms with Gasteiger partial charge >= 0.3 is 11.8 Å². The second kappa shape index (κ2) is 12.1. The van der Waals surface area contributed by atoms with E-state index in [4.69, 9.17) is 16.3 Å². The number of hydrogen-bond donors (Lipinski definition) is 3. The smallest absolute Gasteiger partial charge is 0.329 e. The van der Waals surface area contributed by atoms with Gasteiger partial charge in [0, 0.05) is 26.4 Å². The van der Waals surface area contributed by atoms with Crippen LogP contribution in [0.1, 0.15) is 11.1 Å². The third kappa shape index (κ3) is 7.90. The molecule has 11 heteroatoms. The average Bonchev–Trinajstić information content (AvgIpc) is 2.82. The van der Waals surface area contributed by atoms with Crippen LogP contribution in [0.3, 0.4) is 0 Å². The Kier molecular flexibility index (Phi) is 8.93. The largest absolute Gasteiger partial charge is 0.483 e. The van der Waals surface area contributed by atoms with Gasteiger partial charge in [-0.3, -0.25) is 14.4 Å². The van der Waals surface area contributed by atoms with Gasteiger partial charge in [-0.1, -0.05) is 33.6 Å². The summed E-state index contributed by atoms with van der Waals surface area (Å²) in [4.78, 5) is 36.3. The predicted molar refractivity (Wildman–Crippen MR) is 135 cm³/mol. The van der Waals surface area contributed by atoms with Crippen molar-refractivity contribution in [2.75, 3.05) is 17.2 Å². The summed E-state index contributed by atoms with van der Waals surface area (Å²) in [5.74, 6) is -2.56. The number of hydrogen-bond acceptors (Lipinski definition) is 5. The molecule has 3 aromatic rings. The van der Waals surface area contributed by atoms with Crippen LogP contribution in [0.5, 0.6) is 5.75 Å². The van der Waals surface area contributed by atoms with Gasteiger partial charge < -0.3 is 15.4 Å². The number of ether oxygens (including phenoxy) is 1. The van der Waals surface area contributed by atoms with Crippen molar-refractivity contribution in [3.05, 3.63) is 87.1 Å². The number of nitrogens with one attached hydrogen (secondary N) is 3. The van der Waals surface area contributed by atoms with E-state index in [1.165, 1.54) is 18.3 Å². The maximum Gasteiger partial charge on any atom is 0.329 e. The summed E-state index contributed by atoms with van der Waals surface area (Å²) in [7, 11) is 0. The highest BCUT2D eigenvalue weighted by Crippen LogP contribution is 2.23. The second-order valence-electron chi connectivity index (χ2n) is 7.14. The van der Waals surface area contributed by atoms with Gasteiger partial charge in [-0.2, -0.15) is 5.10 Å². The summed E-state index contributed by atoms with van der Waals surface area (Å²) in [5, 5.41) is 9.32. The lowest BCUT2D eigenvalue weighted by atomic mass is 10.2. The van der Waals surface area contributed by atoms with Gasteiger partial charge in [0.1, 0.15) is 11.6 Å². The molecule has 0 aliphatic heterocycles. The number of halogens is 3. The summed E-state index contributed by atoms with van der Waals surface area (Å²) in [6.45, 7) is 1.55. The van der Waals surface area contributed by atoms with E-state index in [-0.39, 0.29) is 12.3 Å². The van der Waals surface area contributed by atoms with Crippen molar-refractivity contribution < 1.29 is 23.5 Å². The minimum atomic E-state index is -1.03. The molecule has 180 valence electrons. The van der Waals surface area contributed by atoms with Crippen LogP contribution in [0.4, 0.5) is 15.8 Å². The number of hydrazone groups is 1. The molecule has 3 amide bonds. The van der Waals surface area contributed by atoms with Gasteiger partial charge in [0.05, 0.1) is 6.21 Å². The first kappa shape index (κ1) is 25.9. The van der Waals surface area contributed by atoms with Crippen LogP contribution in [0, 0.1) is 12.7 Å². The van der Waals surface area contributed by atoms with Crippen molar-refractivity contribution in [2.45, 2.75) is 6.92 Å². The summed E-state index contributed by atoms with van der Waals surface area (Å²) in [6.07, 6.45) is 1.27. The first-order valence-electron chi connectivity index (χ1n) is 10.1. The van der Waals surface area contributed by atoms with Crippen molar-refractivity contribution in [2.24, 2.45) is 5.10 Å². The molecule has 3 rings (SSSR count). The molecular weight excluding hydrogens is 543 g/mol. The third-order valence-corrected chi connectivity index (χ3v) is 5.21. The van der Waals surface area contributed by atoms with Crippen LogP contribution in [-0.4, -0.2) is 30.5 Å². The minimum Gasteiger partial charge on any atom is -0.483 e. The quantitative estimate of drug-likeness (QED) is 0.222. The van der Waals surface area contributed by atoms with E-state index in [0.29, 0.717) is 26.5 Å². The van der Waals surface area contributed by atoms with Crippen molar-refractivity contribution in [3.63, 3.8) is 0 Å². The van der Waals surface area contributed by atoms with Gasteiger partial charge in [-0.05, 0) is 67.1 Å². The van der Waals surface area contributed by atoms with Gasteiger partial charge in [-0.25, -0.2) is 9.82 Å². The molecule has 0 fully saturated rings. The molecular formula is C24H19BrClFN4O4. The number of carbonyl (C=O) groups excluding carboxylic acids is 3. The highest BCUT2D eigenvalue weighted by atomic mass is 79.9. The predicted octanol–water partition coefficient (Wildman–Crippen LogP) is 4.66. The molecule has 0 saturated carbocycles. The third-order valence-electron chi connectivity index (χ3n) is 4.48. The molecule has 0 aliphatic carbocycles. The Labute approximate surface area is 213 Å². The molecule has 0 atom stereocenters. The van der Waals surface area contributed by atoms with Crippen LogP contribution in [0.15, 0.2) is 70.2 Å². The lowest BCUT2D eigenvalue weighted by molar-refractivity contribution is -0.136. The van der Waals surface area contributed by atoms with Crippen LogP contribution < -0.4 is 20.8 Å². The topological polar surface area (TPSA) is 109 Å². The van der Waals surface area contributed by atoms with E-state index >= 15 is 0 Å². The number of aryl methyl sites for hydroxylation is 1. The molecule has 3 N–H and O–H groups in total. The Morgan fingerprint density at radius 1 is 1.03 bits per heavy atom. The molecule has 0 spiro atoms. The van der Waals surface area contributed by atoms with Gasteiger partial charge in [0.15, 0.2) is 6.61 Å². The van der Waals surface area contributed by atoms with Gasteiger partial charge in [0.25, 0.3) is 5.91 Å². The van der Waals surface area contributed by atoms with E-state index in [2.05, 4.69) is 37.1 Å². The van der Waals surface area contributed by atoms with E-state index in [0.717, 1.165) is 17.7 Å². The molecule has 0 radical (unpaired) electrons. The fourth-order valence-electron chi connectivity index (χ4n) is 2.74. The normalized spacial score (nSPS) is 10.6. The molecule has 0 aliphatic rings.